The molecule has 0 aliphatic heterocycles. The Morgan fingerprint density at radius 3 is 2.59 bits per heavy atom. The third-order valence-electron chi connectivity index (χ3n) is 6.06. The number of hydrogen-bond donors (Lipinski definition) is 1. The van der Waals surface area contributed by atoms with E-state index in [1.54, 1.807) is 0 Å². The molecule has 0 aliphatic rings. The van der Waals surface area contributed by atoms with Gasteiger partial charge >= 0.3 is 0 Å². The Balaban J connectivity index is 1.46. The van der Waals surface area contributed by atoms with Crippen molar-refractivity contribution in [2.24, 2.45) is 5.92 Å². The fourth-order valence-electron chi connectivity index (χ4n) is 4.24. The van der Waals surface area contributed by atoms with Crippen molar-refractivity contribution in [1.82, 2.24) is 14.9 Å². The van der Waals surface area contributed by atoms with E-state index >= 15 is 0 Å². The Hall–Kier alpha value is -3.34. The minimum atomic E-state index is 0.0860. The number of hydrogen-bond acceptors (Lipinski definition) is 3. The second kappa shape index (κ2) is 10.3. The molecule has 0 unspecified atom stereocenters. The first-order valence-electron chi connectivity index (χ1n) is 11.5. The second-order valence-corrected chi connectivity index (χ2v) is 8.05. The number of para-hydroxylation sites is 2. The average Bonchev–Trinajstić information content (AvgIpc) is 3.17. The van der Waals surface area contributed by atoms with Gasteiger partial charge in [-0.1, -0.05) is 62.4 Å². The van der Waals surface area contributed by atoms with E-state index < -0.39 is 0 Å². The molecule has 3 aromatic carbocycles. The largest absolute Gasteiger partial charge is 0.491 e. The van der Waals surface area contributed by atoms with E-state index in [-0.39, 0.29) is 11.8 Å². The molecule has 0 fully saturated rings. The zero-order valence-corrected chi connectivity index (χ0v) is 18.9. The van der Waals surface area contributed by atoms with Crippen LogP contribution in [0.3, 0.4) is 0 Å². The van der Waals surface area contributed by atoms with Gasteiger partial charge in [0.05, 0.1) is 17.6 Å². The van der Waals surface area contributed by atoms with Gasteiger partial charge in [-0.15, -0.1) is 0 Å². The van der Waals surface area contributed by atoms with Crippen molar-refractivity contribution >= 4 is 27.7 Å². The van der Waals surface area contributed by atoms with E-state index in [2.05, 4.69) is 48.0 Å². The number of ether oxygens (including phenoxy) is 1. The van der Waals surface area contributed by atoms with Crippen LogP contribution in [0.25, 0.3) is 21.8 Å². The molecule has 0 bridgehead atoms. The van der Waals surface area contributed by atoms with Gasteiger partial charge < -0.3 is 14.6 Å². The zero-order chi connectivity index (χ0) is 22.3. The van der Waals surface area contributed by atoms with Crippen LogP contribution in [-0.2, 0) is 17.8 Å². The van der Waals surface area contributed by atoms with Crippen LogP contribution in [0, 0.1) is 5.92 Å². The first-order valence-corrected chi connectivity index (χ1v) is 11.5. The second-order valence-electron chi connectivity index (χ2n) is 8.05. The molecule has 4 aromatic rings. The number of nitrogens with one attached hydrogen (secondary N) is 1. The van der Waals surface area contributed by atoms with Crippen molar-refractivity contribution in [2.45, 2.75) is 39.7 Å². The predicted molar refractivity (Wildman–Crippen MR) is 130 cm³/mol. The number of rotatable bonds is 10. The first kappa shape index (κ1) is 21.9. The lowest BCUT2D eigenvalue weighted by molar-refractivity contribution is -0.125. The topological polar surface area (TPSA) is 56.2 Å². The minimum absolute atomic E-state index is 0.0860. The molecule has 32 heavy (non-hydrogen) atoms. The molecule has 1 aromatic heterocycles. The van der Waals surface area contributed by atoms with Crippen LogP contribution in [-0.4, -0.2) is 28.6 Å². The maximum atomic E-state index is 12.3. The standard InChI is InChI=1S/C27H31N3O2/c1-3-20(4-2)27(31)28-17-16-26-29-23-13-7-8-14-24(23)30(26)18-19-32-25-15-9-11-21-10-5-6-12-22(21)25/h5-15,20H,3-4,16-19H2,1-2H3,(H,28,31). The van der Waals surface area contributed by atoms with Crippen molar-refractivity contribution in [3.8, 4) is 5.75 Å². The molecule has 0 spiro atoms. The molecule has 166 valence electrons. The van der Waals surface area contributed by atoms with Gasteiger partial charge in [0.25, 0.3) is 0 Å². The van der Waals surface area contributed by atoms with Gasteiger partial charge in [0.2, 0.25) is 5.91 Å². The summed E-state index contributed by atoms with van der Waals surface area (Å²) in [6.45, 7) is 5.94. The molecular weight excluding hydrogens is 398 g/mol. The molecule has 0 saturated heterocycles. The van der Waals surface area contributed by atoms with E-state index in [1.165, 1.54) is 5.39 Å². The van der Waals surface area contributed by atoms with Crippen LogP contribution in [0.4, 0.5) is 0 Å². The lowest BCUT2D eigenvalue weighted by Crippen LogP contribution is -2.32. The molecule has 1 N–H and O–H groups in total. The van der Waals surface area contributed by atoms with Crippen LogP contribution in [0.15, 0.2) is 66.7 Å². The molecule has 5 heteroatoms. The molecule has 4 rings (SSSR count). The zero-order valence-electron chi connectivity index (χ0n) is 18.9. The molecular formula is C27H31N3O2. The molecule has 5 nitrogen and oxygen atoms in total. The number of benzene rings is 3. The highest BCUT2D eigenvalue weighted by Gasteiger charge is 2.15. The van der Waals surface area contributed by atoms with Gasteiger partial charge in [-0.3, -0.25) is 4.79 Å². The molecule has 1 amide bonds. The summed E-state index contributed by atoms with van der Waals surface area (Å²) in [5.74, 6) is 2.09. The number of nitrogens with zero attached hydrogens (tertiary/aromatic N) is 2. The van der Waals surface area contributed by atoms with E-state index in [0.29, 0.717) is 26.1 Å². The maximum absolute atomic E-state index is 12.3. The van der Waals surface area contributed by atoms with Crippen LogP contribution in [0.2, 0.25) is 0 Å². The summed E-state index contributed by atoms with van der Waals surface area (Å²) in [6.07, 6.45) is 2.42. The Kier molecular flexibility index (Phi) is 7.05. The third-order valence-corrected chi connectivity index (χ3v) is 6.06. The van der Waals surface area contributed by atoms with Gasteiger partial charge in [0, 0.05) is 24.3 Å². The summed E-state index contributed by atoms with van der Waals surface area (Å²) < 4.78 is 8.39. The van der Waals surface area contributed by atoms with Gasteiger partial charge in [0.15, 0.2) is 0 Å². The Morgan fingerprint density at radius 1 is 1.00 bits per heavy atom. The minimum Gasteiger partial charge on any atom is -0.491 e. The Morgan fingerprint density at radius 2 is 1.75 bits per heavy atom. The van der Waals surface area contributed by atoms with Crippen LogP contribution < -0.4 is 10.1 Å². The molecule has 0 atom stereocenters. The normalized spacial score (nSPS) is 11.3. The highest BCUT2D eigenvalue weighted by molar-refractivity contribution is 5.88. The quantitative estimate of drug-likeness (QED) is 0.369. The van der Waals surface area contributed by atoms with Gasteiger partial charge in [-0.05, 0) is 36.4 Å². The Labute approximate surface area is 189 Å². The molecule has 0 aliphatic carbocycles. The third kappa shape index (κ3) is 4.77. The van der Waals surface area contributed by atoms with Crippen molar-refractivity contribution in [3.05, 3.63) is 72.6 Å². The predicted octanol–water partition coefficient (Wildman–Crippen LogP) is 5.36. The Bertz CT molecular complexity index is 1190. The van der Waals surface area contributed by atoms with Crippen molar-refractivity contribution in [2.75, 3.05) is 13.2 Å². The van der Waals surface area contributed by atoms with Gasteiger partial charge in [0.1, 0.15) is 18.2 Å². The summed E-state index contributed by atoms with van der Waals surface area (Å²) in [5, 5.41) is 5.38. The maximum Gasteiger partial charge on any atom is 0.223 e. The summed E-state index contributed by atoms with van der Waals surface area (Å²) in [5.41, 5.74) is 2.06. The summed E-state index contributed by atoms with van der Waals surface area (Å²) >= 11 is 0. The molecule has 0 radical (unpaired) electrons. The molecule has 1 heterocycles. The van der Waals surface area contributed by atoms with Crippen molar-refractivity contribution in [1.29, 1.82) is 0 Å². The van der Waals surface area contributed by atoms with Gasteiger partial charge in [-0.25, -0.2) is 4.98 Å². The summed E-state index contributed by atoms with van der Waals surface area (Å²) in [6, 6.07) is 22.6. The fraction of sp³-hybridized carbons (Fsp3) is 0.333. The monoisotopic (exact) mass is 429 g/mol. The van der Waals surface area contributed by atoms with Crippen LogP contribution in [0.1, 0.15) is 32.5 Å². The first-order chi connectivity index (χ1) is 15.7. The van der Waals surface area contributed by atoms with E-state index in [1.807, 2.05) is 42.5 Å². The smallest absolute Gasteiger partial charge is 0.223 e. The number of carbonyl (C=O) groups is 1. The van der Waals surface area contributed by atoms with Crippen LogP contribution in [0.5, 0.6) is 5.75 Å². The fourth-order valence-corrected chi connectivity index (χ4v) is 4.24. The number of imidazole rings is 1. The lowest BCUT2D eigenvalue weighted by atomic mass is 10.0. The average molecular weight is 430 g/mol. The summed E-state index contributed by atoms with van der Waals surface area (Å²) in [7, 11) is 0. The highest BCUT2D eigenvalue weighted by Crippen LogP contribution is 2.25. The van der Waals surface area contributed by atoms with E-state index in [4.69, 9.17) is 9.72 Å². The van der Waals surface area contributed by atoms with Crippen LogP contribution >= 0.6 is 0 Å². The SMILES string of the molecule is CCC(CC)C(=O)NCCc1nc2ccccc2n1CCOc1cccc2ccccc12. The number of fused-ring (bicyclic) bond motifs is 2. The van der Waals surface area contributed by atoms with E-state index in [0.717, 1.165) is 40.8 Å². The number of carbonyl (C=O) groups excluding carboxylic acids is 1. The summed E-state index contributed by atoms with van der Waals surface area (Å²) in [4.78, 5) is 17.2. The lowest BCUT2D eigenvalue weighted by Gasteiger charge is -2.14. The van der Waals surface area contributed by atoms with Gasteiger partial charge in [-0.2, -0.15) is 0 Å². The van der Waals surface area contributed by atoms with Crippen molar-refractivity contribution in [3.63, 3.8) is 0 Å². The molecule has 0 saturated carbocycles. The number of amides is 1. The number of aromatic nitrogens is 2. The highest BCUT2D eigenvalue weighted by atomic mass is 16.5. The van der Waals surface area contributed by atoms with Crippen molar-refractivity contribution < 1.29 is 9.53 Å². The van der Waals surface area contributed by atoms with E-state index in [9.17, 15) is 4.79 Å².